The van der Waals surface area contributed by atoms with Crippen LogP contribution in [0.15, 0.2) is 18.2 Å². The maximum atomic E-state index is 11.8. The first-order chi connectivity index (χ1) is 15.4. The highest BCUT2D eigenvalue weighted by Gasteiger charge is 2.29. The average molecular weight is 477 g/mol. The molecule has 3 rings (SSSR count). The van der Waals surface area contributed by atoms with Gasteiger partial charge in [0.25, 0.3) is 0 Å². The minimum absolute atomic E-state index is 0.113. The van der Waals surface area contributed by atoms with Crippen molar-refractivity contribution >= 4 is 39.5 Å². The number of aryl methyl sites for hydroxylation is 1. The fraction of sp³-hybridized carbons (Fsp3) is 0.524. The summed E-state index contributed by atoms with van der Waals surface area (Å²) >= 11 is 0. The summed E-state index contributed by atoms with van der Waals surface area (Å²) in [5.41, 5.74) is 7.35. The number of primary amides is 1. The summed E-state index contributed by atoms with van der Waals surface area (Å²) in [4.78, 5) is 27.1. The van der Waals surface area contributed by atoms with Crippen LogP contribution in [0.4, 0.5) is 23.5 Å². The molecule has 1 atom stereocenters. The molecule has 1 fully saturated rings. The Morgan fingerprint density at radius 2 is 1.97 bits per heavy atom. The quantitative estimate of drug-likeness (QED) is 0.490. The molecule has 4 N–H and O–H groups in total. The fourth-order valence-electron chi connectivity index (χ4n) is 3.65. The minimum Gasteiger partial charge on any atom is -0.366 e. The number of rotatable bonds is 9. The Balaban J connectivity index is 1.90. The largest absolute Gasteiger partial charge is 0.366 e. The van der Waals surface area contributed by atoms with Gasteiger partial charge in [-0.05, 0) is 37.0 Å². The summed E-state index contributed by atoms with van der Waals surface area (Å²) in [6.45, 7) is 7.65. The van der Waals surface area contributed by atoms with E-state index in [9.17, 15) is 13.2 Å². The lowest BCUT2D eigenvalue weighted by atomic mass is 10.1. The lowest BCUT2D eigenvalue weighted by Gasteiger charge is -2.21. The number of nitrogens with two attached hydrogens (primary N) is 1. The molecular formula is C21H32N8O3S. The van der Waals surface area contributed by atoms with Crippen LogP contribution in [0.25, 0.3) is 0 Å². The predicted molar refractivity (Wildman–Crippen MR) is 129 cm³/mol. The first kappa shape index (κ1) is 24.6. The van der Waals surface area contributed by atoms with E-state index in [1.54, 1.807) is 18.2 Å². The third-order valence-electron chi connectivity index (χ3n) is 5.33. The number of sulfonamides is 1. The molecule has 180 valence electrons. The number of hydrogen-bond donors (Lipinski definition) is 3. The molecule has 0 radical (unpaired) electrons. The number of anilines is 4. The Morgan fingerprint density at radius 3 is 2.58 bits per heavy atom. The topological polar surface area (TPSA) is 146 Å². The SMILES string of the molecule is Cc1ccc(C(N)=O)cc1Nc1nc(N[C@H]2CCN(S(C)(=O)=O)C2)nc(N(C)CC(C)C)n1. The van der Waals surface area contributed by atoms with Crippen LogP contribution in [-0.4, -0.2) is 72.6 Å². The van der Waals surface area contributed by atoms with Crippen LogP contribution in [0.5, 0.6) is 0 Å². The van der Waals surface area contributed by atoms with E-state index < -0.39 is 15.9 Å². The summed E-state index contributed by atoms with van der Waals surface area (Å²) in [5, 5.41) is 6.42. The number of nitrogens with zero attached hydrogens (tertiary/aromatic N) is 5. The Hall–Kier alpha value is -2.99. The minimum atomic E-state index is -3.25. The Bertz CT molecular complexity index is 1120. The molecule has 1 aromatic carbocycles. The van der Waals surface area contributed by atoms with Crippen molar-refractivity contribution in [3.63, 3.8) is 0 Å². The third kappa shape index (κ3) is 6.51. The van der Waals surface area contributed by atoms with Crippen molar-refractivity contribution in [1.29, 1.82) is 0 Å². The first-order valence-corrected chi connectivity index (χ1v) is 12.6. The molecular weight excluding hydrogens is 444 g/mol. The number of carbonyl (C=O) groups is 1. The highest BCUT2D eigenvalue weighted by molar-refractivity contribution is 7.88. The second kappa shape index (κ2) is 9.87. The van der Waals surface area contributed by atoms with E-state index >= 15 is 0 Å². The number of benzene rings is 1. The molecule has 1 aliphatic heterocycles. The molecule has 0 aliphatic carbocycles. The van der Waals surface area contributed by atoms with Crippen LogP contribution in [0.2, 0.25) is 0 Å². The maximum absolute atomic E-state index is 11.8. The Kier molecular flexibility index (Phi) is 7.38. The molecule has 1 saturated heterocycles. The molecule has 0 unspecified atom stereocenters. The smallest absolute Gasteiger partial charge is 0.248 e. The standard InChI is InChI=1S/C21H32N8O3S/c1-13(2)11-28(4)21-26-19(23-16-8-9-29(12-16)33(5,31)32)25-20(27-21)24-17-10-15(18(22)30)7-6-14(17)3/h6-7,10,13,16H,8-9,11-12H2,1-5H3,(H2,22,30)(H2,23,24,25,26,27)/t16-/m0/s1. The van der Waals surface area contributed by atoms with Gasteiger partial charge in [0, 0.05) is 44.0 Å². The number of nitrogens with one attached hydrogen (secondary N) is 2. The van der Waals surface area contributed by atoms with Gasteiger partial charge in [-0.3, -0.25) is 4.79 Å². The van der Waals surface area contributed by atoms with E-state index in [0.717, 1.165) is 12.1 Å². The highest BCUT2D eigenvalue weighted by Crippen LogP contribution is 2.23. The van der Waals surface area contributed by atoms with Crippen LogP contribution >= 0.6 is 0 Å². The van der Waals surface area contributed by atoms with Crippen molar-refractivity contribution < 1.29 is 13.2 Å². The van der Waals surface area contributed by atoms with Gasteiger partial charge in [0.15, 0.2) is 0 Å². The van der Waals surface area contributed by atoms with Crippen molar-refractivity contribution in [2.75, 3.05) is 48.5 Å². The van der Waals surface area contributed by atoms with Crippen molar-refractivity contribution in [1.82, 2.24) is 19.3 Å². The lowest BCUT2D eigenvalue weighted by molar-refractivity contribution is 0.100. The van der Waals surface area contributed by atoms with Crippen LogP contribution in [-0.2, 0) is 10.0 Å². The molecule has 1 amide bonds. The highest BCUT2D eigenvalue weighted by atomic mass is 32.2. The molecule has 33 heavy (non-hydrogen) atoms. The predicted octanol–water partition coefficient (Wildman–Crippen LogP) is 1.56. The van der Waals surface area contributed by atoms with Gasteiger partial charge in [-0.25, -0.2) is 12.7 Å². The van der Waals surface area contributed by atoms with E-state index in [1.165, 1.54) is 10.6 Å². The monoisotopic (exact) mass is 476 g/mol. The van der Waals surface area contributed by atoms with E-state index in [-0.39, 0.29) is 6.04 Å². The molecule has 0 spiro atoms. The van der Waals surface area contributed by atoms with Crippen LogP contribution in [0.1, 0.15) is 36.2 Å². The molecule has 0 bridgehead atoms. The van der Waals surface area contributed by atoms with Crippen molar-refractivity contribution in [3.8, 4) is 0 Å². The zero-order valence-electron chi connectivity index (χ0n) is 19.7. The second-order valence-electron chi connectivity index (χ2n) is 8.83. The summed E-state index contributed by atoms with van der Waals surface area (Å²) in [6, 6.07) is 5.01. The molecule has 11 nitrogen and oxygen atoms in total. The number of aromatic nitrogens is 3. The summed E-state index contributed by atoms with van der Waals surface area (Å²) in [6.07, 6.45) is 1.86. The van der Waals surface area contributed by atoms with Gasteiger partial charge in [0.05, 0.1) is 6.26 Å². The Morgan fingerprint density at radius 1 is 1.27 bits per heavy atom. The van der Waals surface area contributed by atoms with Gasteiger partial charge in [-0.15, -0.1) is 0 Å². The zero-order valence-corrected chi connectivity index (χ0v) is 20.5. The summed E-state index contributed by atoms with van der Waals surface area (Å²) in [7, 11) is -1.34. The van der Waals surface area contributed by atoms with Gasteiger partial charge in [0.2, 0.25) is 33.8 Å². The van der Waals surface area contributed by atoms with E-state index in [0.29, 0.717) is 54.5 Å². The maximum Gasteiger partial charge on any atom is 0.248 e. The van der Waals surface area contributed by atoms with Crippen LogP contribution in [0, 0.1) is 12.8 Å². The fourth-order valence-corrected chi connectivity index (χ4v) is 4.53. The number of carbonyl (C=O) groups excluding carboxylic acids is 1. The summed E-state index contributed by atoms with van der Waals surface area (Å²) in [5.74, 6) is 1.01. The van der Waals surface area contributed by atoms with E-state index in [4.69, 9.17) is 5.73 Å². The lowest BCUT2D eigenvalue weighted by Crippen LogP contribution is -2.31. The summed E-state index contributed by atoms with van der Waals surface area (Å²) < 4.78 is 25.1. The molecule has 2 aromatic rings. The van der Waals surface area contributed by atoms with Gasteiger partial charge in [-0.1, -0.05) is 19.9 Å². The van der Waals surface area contributed by atoms with E-state index in [1.807, 2.05) is 18.9 Å². The normalized spacial score (nSPS) is 16.7. The third-order valence-corrected chi connectivity index (χ3v) is 6.60. The van der Waals surface area contributed by atoms with Gasteiger partial charge >= 0.3 is 0 Å². The average Bonchev–Trinajstić information content (AvgIpc) is 3.18. The molecule has 0 saturated carbocycles. The van der Waals surface area contributed by atoms with Crippen molar-refractivity contribution in [2.45, 2.75) is 33.2 Å². The zero-order chi connectivity index (χ0) is 24.3. The first-order valence-electron chi connectivity index (χ1n) is 10.8. The van der Waals surface area contributed by atoms with E-state index in [2.05, 4.69) is 39.4 Å². The Labute approximate surface area is 194 Å². The second-order valence-corrected chi connectivity index (χ2v) is 10.8. The molecule has 1 aliphatic rings. The van der Waals surface area contributed by atoms with Crippen LogP contribution < -0.4 is 21.3 Å². The molecule has 12 heteroatoms. The van der Waals surface area contributed by atoms with Gasteiger partial charge in [-0.2, -0.15) is 15.0 Å². The molecule has 1 aromatic heterocycles. The number of hydrogen-bond acceptors (Lipinski definition) is 9. The van der Waals surface area contributed by atoms with Crippen LogP contribution in [0.3, 0.4) is 0 Å². The van der Waals surface area contributed by atoms with Crippen molar-refractivity contribution in [2.24, 2.45) is 11.7 Å². The van der Waals surface area contributed by atoms with Gasteiger partial charge in [0.1, 0.15) is 0 Å². The number of amides is 1. The molecule has 2 heterocycles. The van der Waals surface area contributed by atoms with Gasteiger partial charge < -0.3 is 21.3 Å². The van der Waals surface area contributed by atoms with Crippen molar-refractivity contribution in [3.05, 3.63) is 29.3 Å².